The minimum atomic E-state index is 0.748. The molecule has 3 N–H and O–H groups in total. The van der Waals surface area contributed by atoms with Crippen molar-refractivity contribution in [3.8, 4) is 11.1 Å². The Kier molecular flexibility index (Phi) is 3.41. The van der Waals surface area contributed by atoms with E-state index in [4.69, 9.17) is 10.3 Å². The molecule has 2 aromatic carbocycles. The van der Waals surface area contributed by atoms with E-state index in [9.17, 15) is 0 Å². The van der Waals surface area contributed by atoms with Crippen LogP contribution >= 0.6 is 0 Å². The summed E-state index contributed by atoms with van der Waals surface area (Å²) in [6, 6.07) is 14.6. The van der Waals surface area contributed by atoms with Crippen molar-refractivity contribution in [1.82, 2.24) is 5.16 Å². The van der Waals surface area contributed by atoms with Gasteiger partial charge in [0.15, 0.2) is 0 Å². The van der Waals surface area contributed by atoms with Crippen LogP contribution in [0.5, 0.6) is 0 Å². The van der Waals surface area contributed by atoms with Crippen LogP contribution in [0.3, 0.4) is 0 Å². The maximum atomic E-state index is 6.29. The van der Waals surface area contributed by atoms with Gasteiger partial charge in [-0.15, -0.1) is 0 Å². The van der Waals surface area contributed by atoms with E-state index in [0.29, 0.717) is 0 Å². The van der Waals surface area contributed by atoms with E-state index < -0.39 is 0 Å². The molecule has 0 aliphatic carbocycles. The van der Waals surface area contributed by atoms with Crippen LogP contribution in [-0.2, 0) is 6.54 Å². The Bertz CT molecular complexity index is 866. The molecule has 5 nitrogen and oxygen atoms in total. The summed E-state index contributed by atoms with van der Waals surface area (Å²) in [5.41, 5.74) is 13.4. The highest BCUT2D eigenvalue weighted by Crippen LogP contribution is 2.42. The van der Waals surface area contributed by atoms with Crippen LogP contribution < -0.4 is 16.0 Å². The lowest BCUT2D eigenvalue weighted by atomic mass is 10.0. The molecule has 5 heteroatoms. The van der Waals surface area contributed by atoms with Gasteiger partial charge in [-0.25, -0.2) is 0 Å². The molecule has 122 valence electrons. The van der Waals surface area contributed by atoms with Gasteiger partial charge in [-0.1, -0.05) is 35.5 Å². The molecule has 24 heavy (non-hydrogen) atoms. The molecule has 4 rings (SSSR count). The Labute approximate surface area is 141 Å². The summed E-state index contributed by atoms with van der Waals surface area (Å²) < 4.78 is 5.31. The lowest BCUT2D eigenvalue weighted by Gasteiger charge is -2.19. The monoisotopic (exact) mass is 320 g/mol. The van der Waals surface area contributed by atoms with E-state index in [1.54, 1.807) is 0 Å². The molecule has 1 aliphatic heterocycles. The number of anilines is 3. The standard InChI is InChI=1S/C19H20N4O/c1-12-18(13(2)24-22-12)15-8-16(20)19-17(9-15)23(11-21-19)10-14-6-4-3-5-7-14/h3-9,21H,10-11,20H2,1-2H3. The van der Waals surface area contributed by atoms with Crippen molar-refractivity contribution >= 4 is 17.1 Å². The number of nitrogens with one attached hydrogen (secondary N) is 1. The average Bonchev–Trinajstić information content (AvgIpc) is 3.12. The van der Waals surface area contributed by atoms with Crippen LogP contribution in [0.2, 0.25) is 0 Å². The maximum Gasteiger partial charge on any atom is 0.141 e. The smallest absolute Gasteiger partial charge is 0.141 e. The lowest BCUT2D eigenvalue weighted by molar-refractivity contribution is 0.393. The third-order valence-electron chi connectivity index (χ3n) is 4.47. The largest absolute Gasteiger partial charge is 0.397 e. The van der Waals surface area contributed by atoms with Crippen LogP contribution in [0.15, 0.2) is 47.0 Å². The van der Waals surface area contributed by atoms with E-state index in [0.717, 1.165) is 52.9 Å². The van der Waals surface area contributed by atoms with Crippen molar-refractivity contribution in [1.29, 1.82) is 0 Å². The molecular formula is C19H20N4O. The molecule has 0 saturated carbocycles. The van der Waals surface area contributed by atoms with Gasteiger partial charge < -0.3 is 20.5 Å². The second-order valence-corrected chi connectivity index (χ2v) is 6.18. The van der Waals surface area contributed by atoms with Crippen molar-refractivity contribution in [2.75, 3.05) is 22.6 Å². The van der Waals surface area contributed by atoms with E-state index in [-0.39, 0.29) is 0 Å². The quantitative estimate of drug-likeness (QED) is 0.716. The van der Waals surface area contributed by atoms with Crippen LogP contribution in [0.1, 0.15) is 17.0 Å². The van der Waals surface area contributed by atoms with Crippen LogP contribution in [0.4, 0.5) is 17.1 Å². The van der Waals surface area contributed by atoms with Gasteiger partial charge in [-0.3, -0.25) is 0 Å². The second-order valence-electron chi connectivity index (χ2n) is 6.18. The number of benzene rings is 2. The summed E-state index contributed by atoms with van der Waals surface area (Å²) in [6.07, 6.45) is 0. The number of hydrogen-bond donors (Lipinski definition) is 2. The van der Waals surface area contributed by atoms with Gasteiger partial charge in [0.2, 0.25) is 0 Å². The molecule has 1 aliphatic rings. The number of nitrogen functional groups attached to an aromatic ring is 1. The number of nitrogens with two attached hydrogens (primary N) is 1. The van der Waals surface area contributed by atoms with Gasteiger partial charge >= 0.3 is 0 Å². The normalized spacial score (nSPS) is 13.0. The van der Waals surface area contributed by atoms with E-state index in [2.05, 4.69) is 45.7 Å². The van der Waals surface area contributed by atoms with Crippen LogP contribution in [0, 0.1) is 13.8 Å². The van der Waals surface area contributed by atoms with Gasteiger partial charge in [-0.05, 0) is 37.1 Å². The third-order valence-corrected chi connectivity index (χ3v) is 4.47. The molecule has 3 aromatic rings. The topological polar surface area (TPSA) is 67.3 Å². The summed E-state index contributed by atoms with van der Waals surface area (Å²) in [4.78, 5) is 2.29. The Morgan fingerprint density at radius 3 is 2.71 bits per heavy atom. The Morgan fingerprint density at radius 1 is 1.21 bits per heavy atom. The molecular weight excluding hydrogens is 300 g/mol. The summed E-state index contributed by atoms with van der Waals surface area (Å²) in [5.74, 6) is 0.812. The fraction of sp³-hybridized carbons (Fsp3) is 0.211. The third kappa shape index (κ3) is 2.38. The van der Waals surface area contributed by atoms with Gasteiger partial charge in [0, 0.05) is 12.1 Å². The number of aryl methyl sites for hydroxylation is 2. The van der Waals surface area contributed by atoms with Crippen molar-refractivity contribution in [2.45, 2.75) is 20.4 Å². The Hall–Kier alpha value is -2.95. The van der Waals surface area contributed by atoms with Gasteiger partial charge in [0.05, 0.1) is 29.4 Å². The summed E-state index contributed by atoms with van der Waals surface area (Å²) in [6.45, 7) is 5.47. The number of aromatic nitrogens is 1. The zero-order valence-electron chi connectivity index (χ0n) is 13.8. The summed E-state index contributed by atoms with van der Waals surface area (Å²) in [5, 5.41) is 7.46. The first kappa shape index (κ1) is 14.6. The van der Waals surface area contributed by atoms with Crippen LogP contribution in [0.25, 0.3) is 11.1 Å². The second kappa shape index (κ2) is 5.60. The first-order valence-corrected chi connectivity index (χ1v) is 8.03. The highest BCUT2D eigenvalue weighted by atomic mass is 16.5. The maximum absolute atomic E-state index is 6.29. The highest BCUT2D eigenvalue weighted by Gasteiger charge is 2.23. The molecule has 0 radical (unpaired) electrons. The molecule has 0 atom stereocenters. The minimum Gasteiger partial charge on any atom is -0.397 e. The molecule has 0 amide bonds. The Balaban J connectivity index is 1.75. The molecule has 1 aromatic heterocycles. The zero-order valence-corrected chi connectivity index (χ0v) is 13.8. The van der Waals surface area contributed by atoms with Gasteiger partial charge in [0.1, 0.15) is 5.76 Å². The van der Waals surface area contributed by atoms with E-state index >= 15 is 0 Å². The number of fused-ring (bicyclic) bond motifs is 1. The van der Waals surface area contributed by atoms with Gasteiger partial charge in [-0.2, -0.15) is 0 Å². The Morgan fingerprint density at radius 2 is 2.00 bits per heavy atom. The predicted octanol–water partition coefficient (Wildman–Crippen LogP) is 3.93. The van der Waals surface area contributed by atoms with Crippen molar-refractivity contribution in [3.05, 3.63) is 59.5 Å². The van der Waals surface area contributed by atoms with Crippen molar-refractivity contribution in [3.63, 3.8) is 0 Å². The molecule has 0 bridgehead atoms. The molecule has 0 fully saturated rings. The van der Waals surface area contributed by atoms with Crippen molar-refractivity contribution in [2.24, 2.45) is 0 Å². The molecule has 0 saturated heterocycles. The highest BCUT2D eigenvalue weighted by molar-refractivity contribution is 5.90. The average molecular weight is 320 g/mol. The van der Waals surface area contributed by atoms with Crippen LogP contribution in [-0.4, -0.2) is 11.8 Å². The molecule has 0 spiro atoms. The number of nitrogens with zero attached hydrogens (tertiary/aromatic N) is 2. The fourth-order valence-corrected chi connectivity index (χ4v) is 3.33. The predicted molar refractivity (Wildman–Crippen MR) is 96.9 cm³/mol. The first-order valence-electron chi connectivity index (χ1n) is 8.03. The summed E-state index contributed by atoms with van der Waals surface area (Å²) >= 11 is 0. The lowest BCUT2D eigenvalue weighted by Crippen LogP contribution is -2.21. The van der Waals surface area contributed by atoms with E-state index in [1.165, 1.54) is 5.56 Å². The number of hydrogen-bond acceptors (Lipinski definition) is 5. The van der Waals surface area contributed by atoms with Gasteiger partial charge in [0.25, 0.3) is 0 Å². The summed E-state index contributed by atoms with van der Waals surface area (Å²) in [7, 11) is 0. The van der Waals surface area contributed by atoms with Crippen molar-refractivity contribution < 1.29 is 4.52 Å². The molecule has 2 heterocycles. The SMILES string of the molecule is Cc1noc(C)c1-c1cc(N)c2c(c1)N(Cc1ccccc1)CN2. The fourth-order valence-electron chi connectivity index (χ4n) is 3.33. The molecule has 0 unspecified atom stereocenters. The minimum absolute atomic E-state index is 0.748. The number of rotatable bonds is 3. The van der Waals surface area contributed by atoms with E-state index in [1.807, 2.05) is 26.0 Å². The first-order chi connectivity index (χ1) is 11.6. The zero-order chi connectivity index (χ0) is 16.7.